The van der Waals surface area contributed by atoms with Gasteiger partial charge in [0.1, 0.15) is 17.8 Å². The van der Waals surface area contributed by atoms with Crippen LogP contribution in [-0.2, 0) is 11.3 Å². The number of aromatic nitrogens is 1. The first-order chi connectivity index (χ1) is 7.13. The van der Waals surface area contributed by atoms with Crippen LogP contribution in [0.5, 0.6) is 0 Å². The lowest BCUT2D eigenvalue weighted by Gasteiger charge is -2.08. The third-order valence-electron chi connectivity index (χ3n) is 1.92. The van der Waals surface area contributed by atoms with E-state index in [1.807, 2.05) is 6.07 Å². The van der Waals surface area contributed by atoms with E-state index in [2.05, 4.69) is 10.3 Å². The maximum atomic E-state index is 10.5. The van der Waals surface area contributed by atoms with Crippen LogP contribution in [0.1, 0.15) is 18.2 Å². The zero-order chi connectivity index (χ0) is 11.3. The van der Waals surface area contributed by atoms with E-state index in [1.165, 1.54) is 6.20 Å². The largest absolute Gasteiger partial charge is 0.480 e. The number of carboxylic acids is 1. The number of carboxylic acid groups (broad SMARTS) is 1. The van der Waals surface area contributed by atoms with Crippen molar-refractivity contribution in [3.8, 4) is 6.07 Å². The van der Waals surface area contributed by atoms with Crippen molar-refractivity contribution in [2.45, 2.75) is 19.5 Å². The van der Waals surface area contributed by atoms with Gasteiger partial charge in [-0.3, -0.25) is 4.79 Å². The second kappa shape index (κ2) is 5.08. The molecule has 0 aliphatic heterocycles. The highest BCUT2D eigenvalue weighted by molar-refractivity contribution is 5.72. The summed E-state index contributed by atoms with van der Waals surface area (Å²) < 4.78 is 0. The van der Waals surface area contributed by atoms with E-state index in [-0.39, 0.29) is 0 Å². The summed E-state index contributed by atoms with van der Waals surface area (Å²) in [5, 5.41) is 20.0. The van der Waals surface area contributed by atoms with Gasteiger partial charge in [0.05, 0.1) is 0 Å². The Labute approximate surface area is 87.4 Å². The lowest BCUT2D eigenvalue weighted by molar-refractivity contribution is -0.139. The first-order valence-electron chi connectivity index (χ1n) is 4.44. The number of carbonyl (C=O) groups is 1. The number of hydrogen-bond donors (Lipinski definition) is 2. The van der Waals surface area contributed by atoms with Crippen LogP contribution in [0.2, 0.25) is 0 Å². The molecular weight excluding hydrogens is 194 g/mol. The molecule has 0 amide bonds. The van der Waals surface area contributed by atoms with Gasteiger partial charge in [-0.05, 0) is 24.6 Å². The SMILES string of the molecule is C[C@@H](NCc1ccnc(C#N)c1)C(=O)O. The molecule has 5 nitrogen and oxygen atoms in total. The van der Waals surface area contributed by atoms with Crippen molar-refractivity contribution in [2.24, 2.45) is 0 Å². The summed E-state index contributed by atoms with van der Waals surface area (Å²) in [5.41, 5.74) is 1.17. The van der Waals surface area contributed by atoms with Gasteiger partial charge in [0.2, 0.25) is 0 Å². The summed E-state index contributed by atoms with van der Waals surface area (Å²) in [6.45, 7) is 1.97. The highest BCUT2D eigenvalue weighted by atomic mass is 16.4. The van der Waals surface area contributed by atoms with Crippen molar-refractivity contribution < 1.29 is 9.90 Å². The smallest absolute Gasteiger partial charge is 0.320 e. The molecule has 1 atom stereocenters. The third kappa shape index (κ3) is 3.37. The molecular formula is C10H11N3O2. The molecule has 1 heterocycles. The summed E-state index contributed by atoms with van der Waals surface area (Å²) in [6.07, 6.45) is 1.53. The molecule has 15 heavy (non-hydrogen) atoms. The van der Waals surface area contributed by atoms with E-state index < -0.39 is 12.0 Å². The van der Waals surface area contributed by atoms with Gasteiger partial charge in [-0.15, -0.1) is 0 Å². The van der Waals surface area contributed by atoms with Crippen molar-refractivity contribution in [3.05, 3.63) is 29.6 Å². The number of rotatable bonds is 4. The number of pyridine rings is 1. The van der Waals surface area contributed by atoms with Crippen LogP contribution in [0.25, 0.3) is 0 Å². The van der Waals surface area contributed by atoms with E-state index in [4.69, 9.17) is 10.4 Å². The number of hydrogen-bond acceptors (Lipinski definition) is 4. The first kappa shape index (κ1) is 11.1. The minimum atomic E-state index is -0.899. The topological polar surface area (TPSA) is 86.0 Å². The van der Waals surface area contributed by atoms with Gasteiger partial charge in [-0.1, -0.05) is 0 Å². The van der Waals surface area contributed by atoms with E-state index >= 15 is 0 Å². The third-order valence-corrected chi connectivity index (χ3v) is 1.92. The minimum Gasteiger partial charge on any atom is -0.480 e. The molecule has 0 fully saturated rings. The molecule has 2 N–H and O–H groups in total. The molecule has 0 aliphatic rings. The zero-order valence-electron chi connectivity index (χ0n) is 8.27. The van der Waals surface area contributed by atoms with Crippen LogP contribution in [0, 0.1) is 11.3 Å². The fourth-order valence-electron chi connectivity index (χ4n) is 1.00. The van der Waals surface area contributed by atoms with Gasteiger partial charge < -0.3 is 10.4 Å². The van der Waals surface area contributed by atoms with E-state index in [0.717, 1.165) is 5.56 Å². The monoisotopic (exact) mass is 205 g/mol. The summed E-state index contributed by atoms with van der Waals surface area (Å²) in [4.78, 5) is 14.3. The average Bonchev–Trinajstić information content (AvgIpc) is 2.26. The van der Waals surface area contributed by atoms with Gasteiger partial charge in [-0.2, -0.15) is 5.26 Å². The van der Waals surface area contributed by atoms with Crippen molar-refractivity contribution in [1.29, 1.82) is 5.26 Å². The van der Waals surface area contributed by atoms with Crippen molar-refractivity contribution in [2.75, 3.05) is 0 Å². The van der Waals surface area contributed by atoms with Gasteiger partial charge >= 0.3 is 5.97 Å². The highest BCUT2D eigenvalue weighted by Gasteiger charge is 2.09. The predicted molar refractivity (Wildman–Crippen MR) is 52.9 cm³/mol. The zero-order valence-corrected chi connectivity index (χ0v) is 8.27. The number of nitrogens with one attached hydrogen (secondary N) is 1. The average molecular weight is 205 g/mol. The lowest BCUT2D eigenvalue weighted by atomic mass is 10.2. The molecule has 0 aliphatic carbocycles. The maximum absolute atomic E-state index is 10.5. The van der Waals surface area contributed by atoms with Crippen LogP contribution >= 0.6 is 0 Å². The molecule has 5 heteroatoms. The number of aliphatic carboxylic acids is 1. The van der Waals surface area contributed by atoms with Crippen LogP contribution in [0.3, 0.4) is 0 Å². The second-order valence-electron chi connectivity index (χ2n) is 3.10. The Morgan fingerprint density at radius 3 is 3.13 bits per heavy atom. The summed E-state index contributed by atoms with van der Waals surface area (Å²) in [6, 6.07) is 4.68. The Balaban J connectivity index is 2.58. The number of nitriles is 1. The van der Waals surface area contributed by atoms with E-state index in [0.29, 0.717) is 12.2 Å². The van der Waals surface area contributed by atoms with Crippen LogP contribution < -0.4 is 5.32 Å². The van der Waals surface area contributed by atoms with E-state index in [1.54, 1.807) is 19.1 Å². The van der Waals surface area contributed by atoms with E-state index in [9.17, 15) is 4.79 Å². The Morgan fingerprint density at radius 1 is 1.80 bits per heavy atom. The molecule has 0 saturated heterocycles. The Hall–Kier alpha value is -1.93. The Bertz CT molecular complexity index is 398. The minimum absolute atomic E-state index is 0.331. The molecule has 1 rings (SSSR count). The Morgan fingerprint density at radius 2 is 2.53 bits per heavy atom. The molecule has 0 unspecified atom stereocenters. The van der Waals surface area contributed by atoms with Crippen molar-refractivity contribution in [1.82, 2.24) is 10.3 Å². The fourth-order valence-corrected chi connectivity index (χ4v) is 1.00. The first-order valence-corrected chi connectivity index (χ1v) is 4.44. The molecule has 0 saturated carbocycles. The molecule has 78 valence electrons. The predicted octanol–water partition coefficient (Wildman–Crippen LogP) is 0.516. The second-order valence-corrected chi connectivity index (χ2v) is 3.10. The molecule has 1 aromatic rings. The van der Waals surface area contributed by atoms with Crippen LogP contribution in [0.15, 0.2) is 18.3 Å². The van der Waals surface area contributed by atoms with Gasteiger partial charge in [0, 0.05) is 12.7 Å². The standard InChI is InChI=1S/C10H11N3O2/c1-7(10(14)15)13-6-8-2-3-12-9(4-8)5-11/h2-4,7,13H,6H2,1H3,(H,14,15)/t7-/m1/s1. The molecule has 0 radical (unpaired) electrons. The molecule has 0 bridgehead atoms. The van der Waals surface area contributed by atoms with Gasteiger partial charge in [0.15, 0.2) is 0 Å². The van der Waals surface area contributed by atoms with Crippen LogP contribution in [-0.4, -0.2) is 22.1 Å². The van der Waals surface area contributed by atoms with Gasteiger partial charge in [0.25, 0.3) is 0 Å². The summed E-state index contributed by atoms with van der Waals surface area (Å²) in [5.74, 6) is -0.899. The maximum Gasteiger partial charge on any atom is 0.320 e. The molecule has 0 spiro atoms. The quantitative estimate of drug-likeness (QED) is 0.748. The van der Waals surface area contributed by atoms with Gasteiger partial charge in [-0.25, -0.2) is 4.98 Å². The lowest BCUT2D eigenvalue weighted by Crippen LogP contribution is -2.33. The van der Waals surface area contributed by atoms with Crippen molar-refractivity contribution in [3.63, 3.8) is 0 Å². The normalized spacial score (nSPS) is 11.7. The fraction of sp³-hybridized carbons (Fsp3) is 0.300. The van der Waals surface area contributed by atoms with Crippen LogP contribution in [0.4, 0.5) is 0 Å². The summed E-state index contributed by atoms with van der Waals surface area (Å²) >= 11 is 0. The molecule has 1 aromatic heterocycles. The van der Waals surface area contributed by atoms with Crippen molar-refractivity contribution >= 4 is 5.97 Å². The number of nitrogens with zero attached hydrogens (tertiary/aromatic N) is 2. The Kier molecular flexibility index (Phi) is 3.77. The highest BCUT2D eigenvalue weighted by Crippen LogP contribution is 2.00. The molecule has 0 aromatic carbocycles. The summed E-state index contributed by atoms with van der Waals surface area (Å²) in [7, 11) is 0.